The number of nitrogens with two attached hydrogens (primary N) is 1. The van der Waals surface area contributed by atoms with Gasteiger partial charge in [0.1, 0.15) is 0 Å². The van der Waals surface area contributed by atoms with Crippen LogP contribution in [0.15, 0.2) is 45.8 Å². The summed E-state index contributed by atoms with van der Waals surface area (Å²) in [6, 6.07) is 10.7. The molecule has 6 heteroatoms. The van der Waals surface area contributed by atoms with Crippen LogP contribution >= 0.6 is 15.9 Å². The van der Waals surface area contributed by atoms with Gasteiger partial charge in [-0.15, -0.1) is 0 Å². The quantitative estimate of drug-likeness (QED) is 0.869. The van der Waals surface area contributed by atoms with Crippen LogP contribution in [0.25, 0.3) is 0 Å². The summed E-state index contributed by atoms with van der Waals surface area (Å²) in [4.78, 5) is 0.249. The van der Waals surface area contributed by atoms with Crippen molar-refractivity contribution in [2.45, 2.75) is 25.3 Å². The third-order valence-corrected chi connectivity index (χ3v) is 5.34. The molecule has 0 aliphatic rings. The van der Waals surface area contributed by atoms with Crippen molar-refractivity contribution in [1.29, 1.82) is 0 Å². The molecule has 0 amide bonds. The highest BCUT2D eigenvalue weighted by atomic mass is 79.9. The summed E-state index contributed by atoms with van der Waals surface area (Å²) in [5.41, 5.74) is 8.55. The van der Waals surface area contributed by atoms with Crippen LogP contribution in [0.4, 0.5) is 5.69 Å². The van der Waals surface area contributed by atoms with E-state index < -0.39 is 10.0 Å². The van der Waals surface area contributed by atoms with Crippen LogP contribution in [0, 0.1) is 13.8 Å². The molecule has 0 saturated heterocycles. The first-order valence-corrected chi connectivity index (χ1v) is 8.69. The molecule has 0 aliphatic heterocycles. The molecule has 0 fully saturated rings. The van der Waals surface area contributed by atoms with E-state index in [1.54, 1.807) is 25.1 Å². The lowest BCUT2D eigenvalue weighted by atomic mass is 10.1. The van der Waals surface area contributed by atoms with E-state index in [-0.39, 0.29) is 4.90 Å². The van der Waals surface area contributed by atoms with Crippen LogP contribution in [0.1, 0.15) is 16.7 Å². The molecule has 0 spiro atoms. The molecule has 21 heavy (non-hydrogen) atoms. The molecule has 4 nitrogen and oxygen atoms in total. The van der Waals surface area contributed by atoms with Crippen molar-refractivity contribution >= 4 is 31.6 Å². The zero-order valence-electron chi connectivity index (χ0n) is 11.9. The van der Waals surface area contributed by atoms with Gasteiger partial charge in [-0.3, -0.25) is 4.72 Å². The SMILES string of the molecule is Cc1ccc(Br)c(NS(=O)(=O)c2cc(CN)ccc2C)c1. The van der Waals surface area contributed by atoms with E-state index in [2.05, 4.69) is 20.7 Å². The van der Waals surface area contributed by atoms with Gasteiger partial charge in [-0.1, -0.05) is 18.2 Å². The first kappa shape index (κ1) is 16.0. The van der Waals surface area contributed by atoms with Gasteiger partial charge in [-0.05, 0) is 64.7 Å². The van der Waals surface area contributed by atoms with Crippen molar-refractivity contribution in [3.63, 3.8) is 0 Å². The Morgan fingerprint density at radius 3 is 2.52 bits per heavy atom. The molecule has 0 atom stereocenters. The van der Waals surface area contributed by atoms with Gasteiger partial charge in [0.2, 0.25) is 0 Å². The molecule has 0 saturated carbocycles. The summed E-state index contributed by atoms with van der Waals surface area (Å²) in [6.45, 7) is 3.97. The highest BCUT2D eigenvalue weighted by Crippen LogP contribution is 2.27. The first-order chi connectivity index (χ1) is 9.83. The molecule has 0 aromatic heterocycles. The Bertz CT molecular complexity index is 773. The van der Waals surface area contributed by atoms with Crippen LogP contribution in [0.3, 0.4) is 0 Å². The van der Waals surface area contributed by atoms with E-state index in [0.717, 1.165) is 11.1 Å². The van der Waals surface area contributed by atoms with Crippen molar-refractivity contribution in [3.8, 4) is 0 Å². The highest BCUT2D eigenvalue weighted by molar-refractivity contribution is 9.10. The monoisotopic (exact) mass is 368 g/mol. The molecule has 0 radical (unpaired) electrons. The predicted molar refractivity (Wildman–Crippen MR) is 88.8 cm³/mol. The van der Waals surface area contributed by atoms with Crippen LogP contribution in [0.5, 0.6) is 0 Å². The van der Waals surface area contributed by atoms with Crippen molar-refractivity contribution in [3.05, 3.63) is 57.6 Å². The fourth-order valence-electron chi connectivity index (χ4n) is 1.98. The molecule has 2 rings (SSSR count). The molecule has 0 unspecified atom stereocenters. The van der Waals surface area contributed by atoms with E-state index in [9.17, 15) is 8.42 Å². The fourth-order valence-corrected chi connectivity index (χ4v) is 3.82. The average Bonchev–Trinajstić information content (AvgIpc) is 2.43. The molecule has 0 heterocycles. The summed E-state index contributed by atoms with van der Waals surface area (Å²) in [5, 5.41) is 0. The van der Waals surface area contributed by atoms with Crippen molar-refractivity contribution in [2.24, 2.45) is 5.73 Å². The Hall–Kier alpha value is -1.37. The molecule has 0 bridgehead atoms. The molecule has 2 aromatic rings. The second kappa shape index (κ2) is 6.17. The van der Waals surface area contributed by atoms with Gasteiger partial charge in [-0.2, -0.15) is 0 Å². The van der Waals surface area contributed by atoms with Crippen LogP contribution in [0.2, 0.25) is 0 Å². The van der Waals surface area contributed by atoms with E-state index in [1.807, 2.05) is 25.1 Å². The van der Waals surface area contributed by atoms with E-state index in [4.69, 9.17) is 5.73 Å². The van der Waals surface area contributed by atoms with Gasteiger partial charge in [0.15, 0.2) is 0 Å². The Balaban J connectivity index is 2.45. The van der Waals surface area contributed by atoms with Gasteiger partial charge in [0.05, 0.1) is 10.6 Å². The number of hydrogen-bond acceptors (Lipinski definition) is 3. The van der Waals surface area contributed by atoms with Crippen LogP contribution in [-0.2, 0) is 16.6 Å². The van der Waals surface area contributed by atoms with Gasteiger partial charge >= 0.3 is 0 Å². The Morgan fingerprint density at radius 2 is 1.86 bits per heavy atom. The number of rotatable bonds is 4. The van der Waals surface area contributed by atoms with Gasteiger partial charge in [0.25, 0.3) is 10.0 Å². The summed E-state index contributed by atoms with van der Waals surface area (Å²) >= 11 is 3.36. The number of halogens is 1. The Kier molecular flexibility index (Phi) is 4.70. The topological polar surface area (TPSA) is 72.2 Å². The molecule has 112 valence electrons. The number of aryl methyl sites for hydroxylation is 2. The minimum atomic E-state index is -3.65. The number of nitrogens with one attached hydrogen (secondary N) is 1. The third-order valence-electron chi connectivity index (χ3n) is 3.14. The van der Waals surface area contributed by atoms with Gasteiger partial charge in [0, 0.05) is 11.0 Å². The largest absolute Gasteiger partial charge is 0.326 e. The van der Waals surface area contributed by atoms with Crippen LogP contribution < -0.4 is 10.5 Å². The summed E-state index contributed by atoms with van der Waals surface area (Å²) in [6.07, 6.45) is 0. The first-order valence-electron chi connectivity index (χ1n) is 6.42. The van der Waals surface area contributed by atoms with E-state index >= 15 is 0 Å². The Labute approximate surface area is 133 Å². The Morgan fingerprint density at radius 1 is 1.14 bits per heavy atom. The molecule has 2 aromatic carbocycles. The maximum absolute atomic E-state index is 12.6. The van der Waals surface area contributed by atoms with Crippen molar-refractivity contribution in [2.75, 3.05) is 4.72 Å². The maximum atomic E-state index is 12.6. The number of hydrogen-bond donors (Lipinski definition) is 2. The summed E-state index contributed by atoms with van der Waals surface area (Å²) < 4.78 is 28.5. The minimum absolute atomic E-state index is 0.249. The smallest absolute Gasteiger partial charge is 0.262 e. The lowest BCUT2D eigenvalue weighted by Gasteiger charge is -2.13. The number of benzene rings is 2. The molecule has 3 N–H and O–H groups in total. The number of anilines is 1. The molecular formula is C15H17BrN2O2S. The minimum Gasteiger partial charge on any atom is -0.326 e. The normalized spacial score (nSPS) is 11.4. The predicted octanol–water partition coefficient (Wildman–Crippen LogP) is 3.33. The summed E-state index contributed by atoms with van der Waals surface area (Å²) in [7, 11) is -3.65. The second-order valence-electron chi connectivity index (χ2n) is 4.89. The van der Waals surface area contributed by atoms with Gasteiger partial charge in [-0.25, -0.2) is 8.42 Å². The molecule has 0 aliphatic carbocycles. The lowest BCUT2D eigenvalue weighted by molar-refractivity contribution is 0.600. The molecular weight excluding hydrogens is 352 g/mol. The maximum Gasteiger partial charge on any atom is 0.262 e. The van der Waals surface area contributed by atoms with E-state index in [1.165, 1.54) is 0 Å². The average molecular weight is 369 g/mol. The second-order valence-corrected chi connectivity index (χ2v) is 7.40. The zero-order valence-corrected chi connectivity index (χ0v) is 14.3. The fraction of sp³-hybridized carbons (Fsp3) is 0.200. The zero-order chi connectivity index (χ0) is 15.6. The van der Waals surface area contributed by atoms with Crippen molar-refractivity contribution < 1.29 is 8.42 Å². The third kappa shape index (κ3) is 3.64. The standard InChI is InChI=1S/C15H17BrN2O2S/c1-10-3-6-13(16)14(7-10)18-21(19,20)15-8-12(9-17)5-4-11(15)2/h3-8,18H,9,17H2,1-2H3. The number of sulfonamides is 1. The van der Waals surface area contributed by atoms with E-state index in [0.29, 0.717) is 22.3 Å². The van der Waals surface area contributed by atoms with Gasteiger partial charge < -0.3 is 5.73 Å². The van der Waals surface area contributed by atoms with Crippen molar-refractivity contribution in [1.82, 2.24) is 0 Å². The van der Waals surface area contributed by atoms with Crippen LogP contribution in [-0.4, -0.2) is 8.42 Å². The highest BCUT2D eigenvalue weighted by Gasteiger charge is 2.18. The summed E-state index contributed by atoms with van der Waals surface area (Å²) in [5.74, 6) is 0. The lowest BCUT2D eigenvalue weighted by Crippen LogP contribution is -2.15.